The van der Waals surface area contributed by atoms with E-state index in [0.29, 0.717) is 12.3 Å². The fourth-order valence-electron chi connectivity index (χ4n) is 3.82. The fraction of sp³-hybridized carbons (Fsp3) is 0.444. The number of nitrogens with zero attached hydrogens (tertiary/aromatic N) is 1. The second kappa shape index (κ2) is 6.34. The molecule has 1 amide bonds. The van der Waals surface area contributed by atoms with Crippen molar-refractivity contribution in [2.75, 3.05) is 0 Å². The van der Waals surface area contributed by atoms with Crippen LogP contribution in [-0.4, -0.2) is 34.0 Å². The highest BCUT2D eigenvalue weighted by molar-refractivity contribution is 5.95. The van der Waals surface area contributed by atoms with Crippen LogP contribution in [0.5, 0.6) is 0 Å². The van der Waals surface area contributed by atoms with Crippen LogP contribution in [0.1, 0.15) is 37.7 Å². The molecule has 3 atom stereocenters. The van der Waals surface area contributed by atoms with Crippen LogP contribution in [0.25, 0.3) is 6.08 Å². The molecule has 1 aliphatic heterocycles. The standard InChI is InChI=1S/C18H21NO3/c20-17(11-10-13-6-2-1-3-7-13)19-15-9-5-4-8-14(15)12-16(19)18(21)22/h1-3,6-7,10-11,14-16H,4-5,8-9,12H2,(H,21,22)/b11-10+/t14-,15+,16+/m0/s1. The van der Waals surface area contributed by atoms with Gasteiger partial charge in [-0.1, -0.05) is 43.2 Å². The molecule has 0 bridgehead atoms. The molecular formula is C18H21NO3. The lowest BCUT2D eigenvalue weighted by atomic mass is 9.85. The maximum Gasteiger partial charge on any atom is 0.326 e. The number of likely N-dealkylation sites (tertiary alicyclic amines) is 1. The first-order chi connectivity index (χ1) is 10.7. The minimum absolute atomic E-state index is 0.0998. The highest BCUT2D eigenvalue weighted by Crippen LogP contribution is 2.39. The van der Waals surface area contributed by atoms with Gasteiger partial charge in [-0.25, -0.2) is 4.79 Å². The molecule has 4 nitrogen and oxygen atoms in total. The maximum absolute atomic E-state index is 12.6. The molecule has 1 saturated heterocycles. The molecule has 3 rings (SSSR count). The Morgan fingerprint density at radius 2 is 1.86 bits per heavy atom. The Labute approximate surface area is 130 Å². The van der Waals surface area contributed by atoms with Crippen molar-refractivity contribution in [1.82, 2.24) is 4.90 Å². The topological polar surface area (TPSA) is 57.6 Å². The first kappa shape index (κ1) is 14.8. The Kier molecular flexibility index (Phi) is 4.27. The number of carbonyl (C=O) groups excluding carboxylic acids is 1. The minimum atomic E-state index is -0.879. The van der Waals surface area contributed by atoms with E-state index < -0.39 is 12.0 Å². The van der Waals surface area contributed by atoms with Gasteiger partial charge in [-0.2, -0.15) is 0 Å². The molecule has 1 aromatic rings. The van der Waals surface area contributed by atoms with Crippen LogP contribution in [0.2, 0.25) is 0 Å². The van der Waals surface area contributed by atoms with Gasteiger partial charge < -0.3 is 10.0 Å². The molecule has 2 aliphatic rings. The average Bonchev–Trinajstić information content (AvgIpc) is 2.93. The van der Waals surface area contributed by atoms with Crippen molar-refractivity contribution in [3.05, 3.63) is 42.0 Å². The first-order valence-electron chi connectivity index (χ1n) is 7.95. The Morgan fingerprint density at radius 3 is 2.59 bits per heavy atom. The Balaban J connectivity index is 1.79. The molecule has 1 aliphatic carbocycles. The summed E-state index contributed by atoms with van der Waals surface area (Å²) < 4.78 is 0. The van der Waals surface area contributed by atoms with E-state index >= 15 is 0 Å². The SMILES string of the molecule is O=C(O)[C@H]1C[C@@H]2CCCC[C@H]2N1C(=O)/C=C/c1ccccc1. The third kappa shape index (κ3) is 2.91. The largest absolute Gasteiger partial charge is 0.480 e. The van der Waals surface area contributed by atoms with Gasteiger partial charge in [-0.15, -0.1) is 0 Å². The highest BCUT2D eigenvalue weighted by atomic mass is 16.4. The van der Waals surface area contributed by atoms with Crippen molar-refractivity contribution in [3.8, 4) is 0 Å². The molecule has 1 N–H and O–H groups in total. The molecular weight excluding hydrogens is 278 g/mol. The van der Waals surface area contributed by atoms with E-state index in [2.05, 4.69) is 0 Å². The van der Waals surface area contributed by atoms with Gasteiger partial charge >= 0.3 is 5.97 Å². The van der Waals surface area contributed by atoms with E-state index in [9.17, 15) is 14.7 Å². The monoisotopic (exact) mass is 299 g/mol. The van der Waals surface area contributed by atoms with Gasteiger partial charge in [-0.3, -0.25) is 4.79 Å². The summed E-state index contributed by atoms with van der Waals surface area (Å²) >= 11 is 0. The quantitative estimate of drug-likeness (QED) is 0.873. The lowest BCUT2D eigenvalue weighted by Crippen LogP contribution is -2.45. The van der Waals surface area contributed by atoms with Gasteiger partial charge in [0.2, 0.25) is 5.91 Å². The number of rotatable bonds is 3. The van der Waals surface area contributed by atoms with Crippen molar-refractivity contribution in [3.63, 3.8) is 0 Å². The zero-order chi connectivity index (χ0) is 15.5. The molecule has 22 heavy (non-hydrogen) atoms. The third-order valence-corrected chi connectivity index (χ3v) is 4.85. The summed E-state index contributed by atoms with van der Waals surface area (Å²) in [6.07, 6.45) is 8.08. The van der Waals surface area contributed by atoms with Crippen LogP contribution < -0.4 is 0 Å². The molecule has 0 radical (unpaired) electrons. The van der Waals surface area contributed by atoms with Crippen LogP contribution in [0.4, 0.5) is 0 Å². The van der Waals surface area contributed by atoms with Crippen molar-refractivity contribution >= 4 is 18.0 Å². The van der Waals surface area contributed by atoms with E-state index in [1.54, 1.807) is 11.0 Å². The molecule has 1 heterocycles. The van der Waals surface area contributed by atoms with Crippen LogP contribution >= 0.6 is 0 Å². The van der Waals surface area contributed by atoms with Crippen LogP contribution in [-0.2, 0) is 9.59 Å². The van der Waals surface area contributed by atoms with Gasteiger partial charge in [0.15, 0.2) is 0 Å². The normalized spacial score (nSPS) is 27.8. The Hall–Kier alpha value is -2.10. The smallest absolute Gasteiger partial charge is 0.326 e. The van der Waals surface area contributed by atoms with Crippen molar-refractivity contribution in [2.24, 2.45) is 5.92 Å². The second-order valence-corrected chi connectivity index (χ2v) is 6.19. The molecule has 4 heteroatoms. The summed E-state index contributed by atoms with van der Waals surface area (Å²) in [6.45, 7) is 0. The van der Waals surface area contributed by atoms with Crippen LogP contribution in [0, 0.1) is 5.92 Å². The third-order valence-electron chi connectivity index (χ3n) is 4.85. The first-order valence-corrected chi connectivity index (χ1v) is 7.95. The van der Waals surface area contributed by atoms with Crippen molar-refractivity contribution < 1.29 is 14.7 Å². The van der Waals surface area contributed by atoms with E-state index in [1.807, 2.05) is 30.3 Å². The average molecular weight is 299 g/mol. The minimum Gasteiger partial charge on any atom is -0.480 e. The van der Waals surface area contributed by atoms with E-state index in [1.165, 1.54) is 6.08 Å². The molecule has 0 aromatic heterocycles. The van der Waals surface area contributed by atoms with E-state index in [0.717, 1.165) is 31.2 Å². The number of carboxylic acid groups (broad SMARTS) is 1. The van der Waals surface area contributed by atoms with Crippen LogP contribution in [0.3, 0.4) is 0 Å². The molecule has 0 unspecified atom stereocenters. The number of aliphatic carboxylic acids is 1. The summed E-state index contributed by atoms with van der Waals surface area (Å²) in [4.78, 5) is 25.7. The summed E-state index contributed by atoms with van der Waals surface area (Å²) in [7, 11) is 0. The van der Waals surface area contributed by atoms with Crippen molar-refractivity contribution in [1.29, 1.82) is 0 Å². The van der Waals surface area contributed by atoms with Gasteiger partial charge in [0.05, 0.1) is 0 Å². The number of fused-ring (bicyclic) bond motifs is 1. The predicted molar refractivity (Wildman–Crippen MR) is 84.1 cm³/mol. The number of hydrogen-bond donors (Lipinski definition) is 1. The fourth-order valence-corrected chi connectivity index (χ4v) is 3.82. The highest BCUT2D eigenvalue weighted by Gasteiger charge is 2.46. The Bertz CT molecular complexity index is 581. The zero-order valence-corrected chi connectivity index (χ0v) is 12.5. The molecule has 2 fully saturated rings. The number of hydrogen-bond acceptors (Lipinski definition) is 2. The predicted octanol–water partition coefficient (Wildman–Crippen LogP) is 2.94. The second-order valence-electron chi connectivity index (χ2n) is 6.19. The Morgan fingerprint density at radius 1 is 1.14 bits per heavy atom. The molecule has 1 saturated carbocycles. The zero-order valence-electron chi connectivity index (χ0n) is 12.5. The van der Waals surface area contributed by atoms with Crippen molar-refractivity contribution in [2.45, 2.75) is 44.2 Å². The lowest BCUT2D eigenvalue weighted by Gasteiger charge is -2.32. The van der Waals surface area contributed by atoms with Gasteiger partial charge in [0.25, 0.3) is 0 Å². The van der Waals surface area contributed by atoms with Gasteiger partial charge in [0.1, 0.15) is 6.04 Å². The summed E-state index contributed by atoms with van der Waals surface area (Å²) in [5, 5.41) is 9.45. The van der Waals surface area contributed by atoms with Gasteiger partial charge in [-0.05, 0) is 36.8 Å². The molecule has 1 aromatic carbocycles. The molecule has 116 valence electrons. The number of carbonyl (C=O) groups is 2. The van der Waals surface area contributed by atoms with Gasteiger partial charge in [0, 0.05) is 12.1 Å². The lowest BCUT2D eigenvalue weighted by molar-refractivity contribution is -0.147. The van der Waals surface area contributed by atoms with E-state index in [-0.39, 0.29) is 11.9 Å². The summed E-state index contributed by atoms with van der Waals surface area (Å²) in [5.41, 5.74) is 0.946. The maximum atomic E-state index is 12.6. The number of amides is 1. The summed E-state index contributed by atoms with van der Waals surface area (Å²) in [5.74, 6) is -0.703. The number of benzene rings is 1. The summed E-state index contributed by atoms with van der Waals surface area (Å²) in [6, 6.07) is 9.03. The number of carboxylic acids is 1. The van der Waals surface area contributed by atoms with E-state index in [4.69, 9.17) is 0 Å². The molecule has 0 spiro atoms. The van der Waals surface area contributed by atoms with Crippen LogP contribution in [0.15, 0.2) is 36.4 Å².